The normalized spacial score (nSPS) is 22.4. The highest BCUT2D eigenvalue weighted by atomic mass is 32.2. The first-order valence-corrected chi connectivity index (χ1v) is 10.4. The van der Waals surface area contributed by atoms with Crippen LogP contribution in [0, 0.1) is 5.41 Å². The third kappa shape index (κ3) is 6.92. The highest BCUT2D eigenvalue weighted by Crippen LogP contribution is 2.31. The first-order chi connectivity index (χ1) is 11.1. The van der Waals surface area contributed by atoms with Crippen molar-refractivity contribution in [1.82, 2.24) is 10.6 Å². The summed E-state index contributed by atoms with van der Waals surface area (Å²) in [6.07, 6.45) is 6.75. The van der Waals surface area contributed by atoms with Crippen LogP contribution in [0.25, 0.3) is 0 Å². The second-order valence-electron chi connectivity index (χ2n) is 6.61. The number of nitrogens with zero attached hydrogens (tertiary/aromatic N) is 1. The predicted octanol–water partition coefficient (Wildman–Crippen LogP) is 3.40. The zero-order chi connectivity index (χ0) is 17.1. The van der Waals surface area contributed by atoms with Gasteiger partial charge in [0.25, 0.3) is 0 Å². The summed E-state index contributed by atoms with van der Waals surface area (Å²) in [4.78, 5) is 4.86. The van der Waals surface area contributed by atoms with E-state index in [2.05, 4.69) is 50.1 Å². The molecular formula is C18H37N3OS. The van der Waals surface area contributed by atoms with E-state index in [-0.39, 0.29) is 12.0 Å². The number of guanidine groups is 1. The Hall–Kier alpha value is -0.420. The van der Waals surface area contributed by atoms with Gasteiger partial charge in [0.05, 0.1) is 0 Å². The van der Waals surface area contributed by atoms with Crippen LogP contribution in [0.15, 0.2) is 4.99 Å². The lowest BCUT2D eigenvalue weighted by Crippen LogP contribution is -2.43. The molecule has 1 saturated carbocycles. The van der Waals surface area contributed by atoms with Gasteiger partial charge in [-0.2, -0.15) is 11.8 Å². The largest absolute Gasteiger partial charge is 0.396 e. The van der Waals surface area contributed by atoms with Crippen molar-refractivity contribution < 1.29 is 5.11 Å². The molecule has 0 aliphatic heterocycles. The summed E-state index contributed by atoms with van der Waals surface area (Å²) in [5, 5.41) is 17.2. The SMILES string of the molecule is CCNC(=NCC(CC)(CC)CCO)NC1CCC(SCC)C1. The van der Waals surface area contributed by atoms with Crippen molar-refractivity contribution in [3.63, 3.8) is 0 Å². The summed E-state index contributed by atoms with van der Waals surface area (Å²) in [6.45, 7) is 10.7. The summed E-state index contributed by atoms with van der Waals surface area (Å²) >= 11 is 2.09. The topological polar surface area (TPSA) is 56.7 Å². The van der Waals surface area contributed by atoms with Crippen LogP contribution < -0.4 is 10.6 Å². The molecule has 1 rings (SSSR count). The maximum absolute atomic E-state index is 9.36. The summed E-state index contributed by atoms with van der Waals surface area (Å²) in [7, 11) is 0. The van der Waals surface area contributed by atoms with Gasteiger partial charge in [-0.25, -0.2) is 0 Å². The van der Waals surface area contributed by atoms with Crippen LogP contribution in [0.4, 0.5) is 0 Å². The van der Waals surface area contributed by atoms with E-state index >= 15 is 0 Å². The van der Waals surface area contributed by atoms with Gasteiger partial charge in [-0.3, -0.25) is 4.99 Å². The van der Waals surface area contributed by atoms with Gasteiger partial charge < -0.3 is 15.7 Å². The molecule has 5 heteroatoms. The number of thioether (sulfide) groups is 1. The Balaban J connectivity index is 2.62. The predicted molar refractivity (Wildman–Crippen MR) is 103 cm³/mol. The van der Waals surface area contributed by atoms with E-state index in [0.29, 0.717) is 6.04 Å². The van der Waals surface area contributed by atoms with Gasteiger partial charge in [0, 0.05) is 31.0 Å². The fourth-order valence-corrected chi connectivity index (χ4v) is 4.50. The molecule has 136 valence electrons. The molecule has 0 amide bonds. The summed E-state index contributed by atoms with van der Waals surface area (Å²) in [5.74, 6) is 2.16. The number of aliphatic hydroxyl groups is 1. The Bertz CT molecular complexity index is 345. The second-order valence-corrected chi connectivity index (χ2v) is 8.18. The molecule has 0 aromatic carbocycles. The van der Waals surface area contributed by atoms with E-state index in [1.165, 1.54) is 25.0 Å². The molecular weight excluding hydrogens is 306 g/mol. The van der Waals surface area contributed by atoms with Crippen LogP contribution in [0.1, 0.15) is 66.2 Å². The van der Waals surface area contributed by atoms with Gasteiger partial charge in [-0.05, 0) is 56.6 Å². The lowest BCUT2D eigenvalue weighted by Gasteiger charge is -2.30. The Morgan fingerprint density at radius 3 is 2.52 bits per heavy atom. The smallest absolute Gasteiger partial charge is 0.191 e. The lowest BCUT2D eigenvalue weighted by atomic mass is 9.79. The molecule has 1 fully saturated rings. The zero-order valence-electron chi connectivity index (χ0n) is 15.5. The fraction of sp³-hybridized carbons (Fsp3) is 0.944. The molecule has 0 aromatic heterocycles. The minimum absolute atomic E-state index is 0.132. The monoisotopic (exact) mass is 343 g/mol. The van der Waals surface area contributed by atoms with E-state index in [1.807, 2.05) is 0 Å². The quantitative estimate of drug-likeness (QED) is 0.420. The van der Waals surface area contributed by atoms with Gasteiger partial charge in [-0.1, -0.05) is 20.8 Å². The minimum atomic E-state index is 0.132. The van der Waals surface area contributed by atoms with Crippen LogP contribution in [-0.2, 0) is 0 Å². The Kier molecular flexibility index (Phi) is 10.0. The van der Waals surface area contributed by atoms with Crippen molar-refractivity contribution in [2.45, 2.75) is 77.5 Å². The summed E-state index contributed by atoms with van der Waals surface area (Å²) in [6, 6.07) is 0.548. The maximum Gasteiger partial charge on any atom is 0.191 e. The molecule has 2 unspecified atom stereocenters. The van der Waals surface area contributed by atoms with Crippen LogP contribution in [0.3, 0.4) is 0 Å². The molecule has 3 N–H and O–H groups in total. The van der Waals surface area contributed by atoms with E-state index in [4.69, 9.17) is 4.99 Å². The average Bonchev–Trinajstić information content (AvgIpc) is 2.99. The molecule has 4 nitrogen and oxygen atoms in total. The van der Waals surface area contributed by atoms with Crippen LogP contribution in [0.5, 0.6) is 0 Å². The molecule has 0 radical (unpaired) electrons. The lowest BCUT2D eigenvalue weighted by molar-refractivity contribution is 0.175. The number of hydrogen-bond donors (Lipinski definition) is 3. The number of aliphatic imine (C=N–C) groups is 1. The highest BCUT2D eigenvalue weighted by molar-refractivity contribution is 7.99. The van der Waals surface area contributed by atoms with Crippen molar-refractivity contribution in [2.24, 2.45) is 10.4 Å². The standard InChI is InChI=1S/C18H37N3OS/c1-5-18(6-2,11-12-22)14-20-17(19-7-3)21-15-9-10-16(13-15)23-8-4/h15-16,22H,5-14H2,1-4H3,(H2,19,20,21). The molecule has 0 aromatic rings. The molecule has 1 aliphatic rings. The average molecular weight is 344 g/mol. The molecule has 0 heterocycles. The van der Waals surface area contributed by atoms with Gasteiger partial charge >= 0.3 is 0 Å². The van der Waals surface area contributed by atoms with Gasteiger partial charge in [-0.15, -0.1) is 0 Å². The van der Waals surface area contributed by atoms with Crippen LogP contribution in [-0.4, -0.2) is 47.8 Å². The number of hydrogen-bond acceptors (Lipinski definition) is 3. The molecule has 2 atom stereocenters. The van der Waals surface area contributed by atoms with Crippen LogP contribution >= 0.6 is 11.8 Å². The molecule has 0 spiro atoms. The molecule has 0 bridgehead atoms. The maximum atomic E-state index is 9.36. The Morgan fingerprint density at radius 2 is 1.96 bits per heavy atom. The first kappa shape index (κ1) is 20.6. The highest BCUT2D eigenvalue weighted by Gasteiger charge is 2.27. The van der Waals surface area contributed by atoms with Crippen molar-refractivity contribution in [1.29, 1.82) is 0 Å². The number of aliphatic hydroxyl groups excluding tert-OH is 1. The van der Waals surface area contributed by atoms with Crippen molar-refractivity contribution >= 4 is 17.7 Å². The Labute approximate surface area is 147 Å². The Morgan fingerprint density at radius 1 is 1.22 bits per heavy atom. The minimum Gasteiger partial charge on any atom is -0.396 e. The fourth-order valence-electron chi connectivity index (χ4n) is 3.36. The third-order valence-electron chi connectivity index (χ3n) is 5.19. The van der Waals surface area contributed by atoms with Crippen LogP contribution in [0.2, 0.25) is 0 Å². The molecule has 0 saturated heterocycles. The van der Waals surface area contributed by atoms with Gasteiger partial charge in [0.1, 0.15) is 0 Å². The van der Waals surface area contributed by atoms with Gasteiger partial charge in [0.2, 0.25) is 0 Å². The van der Waals surface area contributed by atoms with E-state index in [0.717, 1.165) is 43.6 Å². The van der Waals surface area contributed by atoms with E-state index in [1.54, 1.807) is 0 Å². The second kappa shape index (κ2) is 11.2. The van der Waals surface area contributed by atoms with E-state index in [9.17, 15) is 5.11 Å². The first-order valence-electron chi connectivity index (χ1n) is 9.40. The zero-order valence-corrected chi connectivity index (χ0v) is 16.3. The number of nitrogens with one attached hydrogen (secondary N) is 2. The summed E-state index contributed by atoms with van der Waals surface area (Å²) < 4.78 is 0. The third-order valence-corrected chi connectivity index (χ3v) is 6.42. The molecule has 23 heavy (non-hydrogen) atoms. The molecule has 1 aliphatic carbocycles. The number of rotatable bonds is 10. The summed E-state index contributed by atoms with van der Waals surface area (Å²) in [5.41, 5.74) is 0.132. The van der Waals surface area contributed by atoms with Crippen molar-refractivity contribution in [2.75, 3.05) is 25.4 Å². The van der Waals surface area contributed by atoms with Crippen molar-refractivity contribution in [3.8, 4) is 0 Å². The van der Waals surface area contributed by atoms with E-state index < -0.39 is 0 Å². The van der Waals surface area contributed by atoms with Crippen molar-refractivity contribution in [3.05, 3.63) is 0 Å². The van der Waals surface area contributed by atoms with Gasteiger partial charge in [0.15, 0.2) is 5.96 Å².